The maximum Gasteiger partial charge on any atom is 0.119 e. The molecule has 106 valence electrons. The molecule has 2 rings (SSSR count). The second kappa shape index (κ2) is 5.97. The quantitative estimate of drug-likeness (QED) is 0.792. The number of nitrogens with one attached hydrogen (secondary N) is 1. The maximum absolute atomic E-state index is 9.54. The number of phenols is 2. The molecule has 0 spiro atoms. The molecule has 0 radical (unpaired) electrons. The van der Waals surface area contributed by atoms with Crippen LogP contribution in [0.2, 0.25) is 0 Å². The second-order valence-corrected chi connectivity index (χ2v) is 5.31. The van der Waals surface area contributed by atoms with Crippen molar-refractivity contribution in [3.05, 3.63) is 59.2 Å². The first-order chi connectivity index (χ1) is 9.45. The maximum atomic E-state index is 9.54. The molecule has 0 bridgehead atoms. The summed E-state index contributed by atoms with van der Waals surface area (Å²) < 4.78 is 0. The highest BCUT2D eigenvalue weighted by Crippen LogP contribution is 2.26. The molecule has 0 heterocycles. The third-order valence-electron chi connectivity index (χ3n) is 3.47. The van der Waals surface area contributed by atoms with Crippen LogP contribution in [0.5, 0.6) is 11.5 Å². The van der Waals surface area contributed by atoms with Crippen molar-refractivity contribution in [2.45, 2.75) is 32.9 Å². The average Bonchev–Trinajstić information content (AvgIpc) is 2.37. The average molecular weight is 271 g/mol. The van der Waals surface area contributed by atoms with Crippen molar-refractivity contribution < 1.29 is 10.2 Å². The van der Waals surface area contributed by atoms with E-state index < -0.39 is 0 Å². The molecule has 20 heavy (non-hydrogen) atoms. The van der Waals surface area contributed by atoms with Crippen LogP contribution in [0.4, 0.5) is 0 Å². The van der Waals surface area contributed by atoms with Gasteiger partial charge in [-0.15, -0.1) is 0 Å². The molecule has 1 unspecified atom stereocenters. The largest absolute Gasteiger partial charge is 0.508 e. The molecule has 3 N–H and O–H groups in total. The van der Waals surface area contributed by atoms with Crippen molar-refractivity contribution in [3.63, 3.8) is 0 Å². The predicted molar refractivity (Wildman–Crippen MR) is 80.9 cm³/mol. The number of rotatable bonds is 4. The molecular weight excluding hydrogens is 250 g/mol. The van der Waals surface area contributed by atoms with Gasteiger partial charge in [0.1, 0.15) is 11.5 Å². The number of aromatic hydroxyl groups is 2. The minimum absolute atomic E-state index is 0.0310. The summed E-state index contributed by atoms with van der Waals surface area (Å²) in [4.78, 5) is 0. The molecule has 2 atom stereocenters. The molecule has 2 aromatic carbocycles. The number of aryl methyl sites for hydroxylation is 1. The Kier molecular flexibility index (Phi) is 4.30. The smallest absolute Gasteiger partial charge is 0.119 e. The van der Waals surface area contributed by atoms with Gasteiger partial charge in [-0.05, 0) is 44.0 Å². The highest BCUT2D eigenvalue weighted by molar-refractivity contribution is 5.38. The van der Waals surface area contributed by atoms with Gasteiger partial charge in [0, 0.05) is 18.2 Å². The fraction of sp³-hybridized carbons (Fsp3) is 0.294. The summed E-state index contributed by atoms with van der Waals surface area (Å²) in [5.41, 5.74) is 3.32. The Morgan fingerprint density at radius 2 is 1.45 bits per heavy atom. The zero-order valence-electron chi connectivity index (χ0n) is 12.1. The van der Waals surface area contributed by atoms with Crippen LogP contribution < -0.4 is 5.32 Å². The molecule has 3 nitrogen and oxygen atoms in total. The van der Waals surface area contributed by atoms with Gasteiger partial charge >= 0.3 is 0 Å². The van der Waals surface area contributed by atoms with Crippen molar-refractivity contribution in [2.24, 2.45) is 0 Å². The van der Waals surface area contributed by atoms with E-state index >= 15 is 0 Å². The van der Waals surface area contributed by atoms with Crippen molar-refractivity contribution in [1.29, 1.82) is 0 Å². The molecule has 2 aromatic rings. The Labute approximate surface area is 119 Å². The van der Waals surface area contributed by atoms with Crippen molar-refractivity contribution in [2.75, 3.05) is 0 Å². The lowest BCUT2D eigenvalue weighted by Gasteiger charge is -2.21. The Balaban J connectivity index is 2.12. The van der Waals surface area contributed by atoms with Crippen molar-refractivity contribution in [1.82, 2.24) is 5.32 Å². The van der Waals surface area contributed by atoms with Gasteiger partial charge in [-0.1, -0.05) is 29.8 Å². The van der Waals surface area contributed by atoms with E-state index in [1.807, 2.05) is 13.0 Å². The normalized spacial score (nSPS) is 13.9. The van der Waals surface area contributed by atoms with Crippen LogP contribution in [0, 0.1) is 6.92 Å². The van der Waals surface area contributed by atoms with Gasteiger partial charge in [-0.3, -0.25) is 0 Å². The van der Waals surface area contributed by atoms with Gasteiger partial charge in [-0.25, -0.2) is 0 Å². The minimum atomic E-state index is 0.0310. The van der Waals surface area contributed by atoms with Crippen LogP contribution in [0.1, 0.15) is 42.6 Å². The van der Waals surface area contributed by atoms with E-state index in [1.54, 1.807) is 12.1 Å². The zero-order chi connectivity index (χ0) is 14.7. The molecule has 0 aliphatic carbocycles. The number of phenolic OH excluding ortho intramolecular Hbond substituents is 2. The van der Waals surface area contributed by atoms with Crippen molar-refractivity contribution >= 4 is 0 Å². The summed E-state index contributed by atoms with van der Waals surface area (Å²) in [6, 6.07) is 13.3. The molecule has 3 heteroatoms. The lowest BCUT2D eigenvalue weighted by Crippen LogP contribution is -2.22. The summed E-state index contributed by atoms with van der Waals surface area (Å²) in [6.07, 6.45) is 0. The highest BCUT2D eigenvalue weighted by Gasteiger charge is 2.12. The SMILES string of the molecule is Cc1cccc([C@@H](C)NC(C)c2cc(O)cc(O)c2)c1. The summed E-state index contributed by atoms with van der Waals surface area (Å²) >= 11 is 0. The van der Waals surface area contributed by atoms with Crippen molar-refractivity contribution in [3.8, 4) is 11.5 Å². The first-order valence-electron chi connectivity index (χ1n) is 6.81. The van der Waals surface area contributed by atoms with Gasteiger partial charge in [0.2, 0.25) is 0 Å². The third-order valence-corrected chi connectivity index (χ3v) is 3.47. The Hall–Kier alpha value is -2.00. The van der Waals surface area contributed by atoms with Crippen LogP contribution in [0.15, 0.2) is 42.5 Å². The molecule has 0 aliphatic rings. The van der Waals surface area contributed by atoms with Crippen LogP contribution in [-0.2, 0) is 0 Å². The third kappa shape index (κ3) is 3.52. The molecule has 0 aromatic heterocycles. The topological polar surface area (TPSA) is 52.5 Å². The molecule has 0 aliphatic heterocycles. The standard InChI is InChI=1S/C17H21NO2/c1-11-5-4-6-14(7-11)12(2)18-13(3)15-8-16(19)10-17(20)9-15/h4-10,12-13,18-20H,1-3H3/t12-,13?/m1/s1. The number of hydrogen-bond acceptors (Lipinski definition) is 3. The molecular formula is C17H21NO2. The van der Waals surface area contributed by atoms with Gasteiger partial charge < -0.3 is 15.5 Å². The van der Waals surface area contributed by atoms with Gasteiger partial charge in [0.05, 0.1) is 0 Å². The highest BCUT2D eigenvalue weighted by atomic mass is 16.3. The number of hydrogen-bond donors (Lipinski definition) is 3. The molecule has 0 saturated carbocycles. The van der Waals surface area contributed by atoms with Gasteiger partial charge in [0.25, 0.3) is 0 Å². The summed E-state index contributed by atoms with van der Waals surface area (Å²) in [6.45, 7) is 6.20. The Bertz CT molecular complexity index is 575. The zero-order valence-corrected chi connectivity index (χ0v) is 12.1. The number of benzene rings is 2. The second-order valence-electron chi connectivity index (χ2n) is 5.31. The predicted octanol–water partition coefficient (Wildman–Crippen LogP) is 3.82. The van der Waals surface area contributed by atoms with Crippen LogP contribution in [0.3, 0.4) is 0 Å². The lowest BCUT2D eigenvalue weighted by molar-refractivity contribution is 0.442. The molecule has 0 fully saturated rings. The van der Waals surface area contributed by atoms with E-state index in [-0.39, 0.29) is 23.6 Å². The fourth-order valence-electron chi connectivity index (χ4n) is 2.37. The fourth-order valence-corrected chi connectivity index (χ4v) is 2.37. The first-order valence-corrected chi connectivity index (χ1v) is 6.81. The van der Waals surface area contributed by atoms with Gasteiger partial charge in [0.15, 0.2) is 0 Å². The van der Waals surface area contributed by atoms with Gasteiger partial charge in [-0.2, -0.15) is 0 Å². The Morgan fingerprint density at radius 1 is 0.850 bits per heavy atom. The Morgan fingerprint density at radius 3 is 2.05 bits per heavy atom. The lowest BCUT2D eigenvalue weighted by atomic mass is 10.0. The van der Waals surface area contributed by atoms with E-state index in [0.717, 1.165) is 5.56 Å². The minimum Gasteiger partial charge on any atom is -0.508 e. The van der Waals surface area contributed by atoms with E-state index in [1.165, 1.54) is 17.2 Å². The first kappa shape index (κ1) is 14.4. The van der Waals surface area contributed by atoms with Crippen LogP contribution >= 0.6 is 0 Å². The van der Waals surface area contributed by atoms with E-state index in [2.05, 4.69) is 37.4 Å². The van der Waals surface area contributed by atoms with E-state index in [4.69, 9.17) is 0 Å². The molecule has 0 amide bonds. The monoisotopic (exact) mass is 271 g/mol. The van der Waals surface area contributed by atoms with E-state index in [0.29, 0.717) is 0 Å². The van der Waals surface area contributed by atoms with Crippen LogP contribution in [0.25, 0.3) is 0 Å². The molecule has 0 saturated heterocycles. The van der Waals surface area contributed by atoms with E-state index in [9.17, 15) is 10.2 Å². The summed E-state index contributed by atoms with van der Waals surface area (Å²) in [5, 5.41) is 22.6. The summed E-state index contributed by atoms with van der Waals surface area (Å²) in [7, 11) is 0. The van der Waals surface area contributed by atoms with Crippen LogP contribution in [-0.4, -0.2) is 10.2 Å². The summed E-state index contributed by atoms with van der Waals surface area (Å²) in [5.74, 6) is 0.161.